The van der Waals surface area contributed by atoms with Gasteiger partial charge in [-0.05, 0) is 29.6 Å². The van der Waals surface area contributed by atoms with Gasteiger partial charge in [-0.2, -0.15) is 0 Å². The second-order valence-corrected chi connectivity index (χ2v) is 4.42. The summed E-state index contributed by atoms with van der Waals surface area (Å²) in [5.74, 6) is -1.58. The molecule has 0 aliphatic rings. The van der Waals surface area contributed by atoms with E-state index in [1.165, 1.54) is 23.5 Å². The van der Waals surface area contributed by atoms with Gasteiger partial charge in [0, 0.05) is 5.56 Å². The highest BCUT2D eigenvalue weighted by Gasteiger charge is 2.15. The first-order valence-electron chi connectivity index (χ1n) is 4.36. The van der Waals surface area contributed by atoms with E-state index in [4.69, 9.17) is 16.7 Å². The van der Waals surface area contributed by atoms with Gasteiger partial charge in [-0.15, -0.1) is 11.3 Å². The minimum absolute atomic E-state index is 0.0470. The minimum atomic E-state index is -1.10. The Morgan fingerprint density at radius 2 is 2.12 bits per heavy atom. The van der Waals surface area contributed by atoms with Crippen LogP contribution in [0.4, 0.5) is 4.39 Å². The lowest BCUT2D eigenvalue weighted by Crippen LogP contribution is -1.99. The monoisotopic (exact) mass is 256 g/mol. The predicted molar refractivity (Wildman–Crippen MR) is 61.7 cm³/mol. The first-order valence-corrected chi connectivity index (χ1v) is 5.61. The van der Waals surface area contributed by atoms with E-state index in [2.05, 4.69) is 0 Å². The summed E-state index contributed by atoms with van der Waals surface area (Å²) in [6.07, 6.45) is 0. The van der Waals surface area contributed by atoms with E-state index in [-0.39, 0.29) is 5.56 Å². The number of halogens is 2. The zero-order valence-corrected chi connectivity index (χ0v) is 9.48. The summed E-state index contributed by atoms with van der Waals surface area (Å²) in [6, 6.07) is 5.19. The fourth-order valence-electron chi connectivity index (χ4n) is 1.38. The number of hydrogen-bond donors (Lipinski definition) is 1. The number of aromatic carboxylic acids is 1. The molecule has 0 saturated heterocycles. The Hall–Kier alpha value is -1.39. The zero-order chi connectivity index (χ0) is 11.7. The van der Waals surface area contributed by atoms with Crippen LogP contribution < -0.4 is 0 Å². The van der Waals surface area contributed by atoms with Gasteiger partial charge in [0.25, 0.3) is 0 Å². The highest BCUT2D eigenvalue weighted by Crippen LogP contribution is 2.35. The van der Waals surface area contributed by atoms with Gasteiger partial charge in [-0.25, -0.2) is 9.18 Å². The lowest BCUT2D eigenvalue weighted by Gasteiger charge is -2.04. The molecule has 0 aliphatic carbocycles. The summed E-state index contributed by atoms with van der Waals surface area (Å²) in [7, 11) is 0. The quantitative estimate of drug-likeness (QED) is 0.885. The molecule has 1 N–H and O–H groups in total. The van der Waals surface area contributed by atoms with Crippen LogP contribution in [0.1, 0.15) is 10.4 Å². The molecule has 0 spiro atoms. The van der Waals surface area contributed by atoms with Crippen LogP contribution in [0.15, 0.2) is 29.6 Å². The average Bonchev–Trinajstić information content (AvgIpc) is 2.63. The third kappa shape index (κ3) is 1.94. The van der Waals surface area contributed by atoms with Crippen LogP contribution in [0, 0.1) is 5.82 Å². The molecule has 0 unspecified atom stereocenters. The molecule has 0 fully saturated rings. The molecule has 2 rings (SSSR count). The Morgan fingerprint density at radius 1 is 1.38 bits per heavy atom. The largest absolute Gasteiger partial charge is 0.478 e. The number of benzene rings is 1. The molecule has 0 atom stereocenters. The van der Waals surface area contributed by atoms with Crippen LogP contribution in [0.5, 0.6) is 0 Å². The molecule has 0 aliphatic heterocycles. The summed E-state index contributed by atoms with van der Waals surface area (Å²) in [5, 5.41) is 11.1. The Labute approximate surface area is 99.9 Å². The topological polar surface area (TPSA) is 37.3 Å². The van der Waals surface area contributed by atoms with Gasteiger partial charge in [0.1, 0.15) is 5.82 Å². The molecular formula is C11H6ClFO2S. The Kier molecular flexibility index (Phi) is 2.94. The third-order valence-corrected chi connectivity index (χ3v) is 3.45. The Balaban J connectivity index is 2.67. The van der Waals surface area contributed by atoms with E-state index >= 15 is 0 Å². The molecule has 1 aromatic carbocycles. The van der Waals surface area contributed by atoms with Gasteiger partial charge >= 0.3 is 5.97 Å². The van der Waals surface area contributed by atoms with Crippen molar-refractivity contribution in [3.05, 3.63) is 46.0 Å². The molecular weight excluding hydrogens is 251 g/mol. The normalized spacial score (nSPS) is 10.4. The predicted octanol–water partition coefficient (Wildman–Crippen LogP) is 3.91. The van der Waals surface area contributed by atoms with Crippen LogP contribution >= 0.6 is 22.9 Å². The molecule has 1 heterocycles. The summed E-state index contributed by atoms with van der Waals surface area (Å²) in [5.41, 5.74) is 0.359. The number of carbonyl (C=O) groups is 1. The zero-order valence-electron chi connectivity index (χ0n) is 7.91. The maximum atomic E-state index is 13.1. The van der Waals surface area contributed by atoms with Gasteiger partial charge in [0.05, 0.1) is 15.5 Å². The maximum Gasteiger partial charge on any atom is 0.336 e. The van der Waals surface area contributed by atoms with Crippen molar-refractivity contribution in [2.75, 3.05) is 0 Å². The fraction of sp³-hybridized carbons (Fsp3) is 0. The molecule has 0 amide bonds. The smallest absolute Gasteiger partial charge is 0.336 e. The van der Waals surface area contributed by atoms with Crippen molar-refractivity contribution in [1.82, 2.24) is 0 Å². The van der Waals surface area contributed by atoms with Gasteiger partial charge in [-0.1, -0.05) is 11.6 Å². The first kappa shape index (κ1) is 11.1. The first-order chi connectivity index (χ1) is 7.59. The Bertz CT molecular complexity index is 551. The van der Waals surface area contributed by atoms with Gasteiger partial charge in [0.2, 0.25) is 0 Å². The van der Waals surface area contributed by atoms with Crippen molar-refractivity contribution in [1.29, 1.82) is 0 Å². The van der Waals surface area contributed by atoms with Gasteiger partial charge in [0.15, 0.2) is 0 Å². The highest BCUT2D eigenvalue weighted by atomic mass is 35.5. The van der Waals surface area contributed by atoms with Crippen molar-refractivity contribution in [2.45, 2.75) is 0 Å². The summed E-state index contributed by atoms with van der Waals surface area (Å²) in [4.78, 5) is 11.5. The Morgan fingerprint density at radius 3 is 2.69 bits per heavy atom. The van der Waals surface area contributed by atoms with Crippen LogP contribution in [-0.4, -0.2) is 11.1 Å². The molecule has 0 radical (unpaired) electrons. The lowest BCUT2D eigenvalue weighted by atomic mass is 10.1. The van der Waals surface area contributed by atoms with Crippen molar-refractivity contribution in [3.8, 4) is 10.4 Å². The fourth-order valence-corrected chi connectivity index (χ4v) is 2.57. The highest BCUT2D eigenvalue weighted by molar-refractivity contribution is 7.14. The van der Waals surface area contributed by atoms with Crippen LogP contribution in [0.3, 0.4) is 0 Å². The summed E-state index contributed by atoms with van der Waals surface area (Å²) in [6.45, 7) is 0. The van der Waals surface area contributed by atoms with Gasteiger partial charge < -0.3 is 5.11 Å². The molecule has 82 valence electrons. The van der Waals surface area contributed by atoms with Crippen molar-refractivity contribution in [2.24, 2.45) is 0 Å². The van der Waals surface area contributed by atoms with Crippen molar-refractivity contribution < 1.29 is 14.3 Å². The van der Waals surface area contributed by atoms with Crippen LogP contribution in [0.25, 0.3) is 10.4 Å². The standard InChI is InChI=1S/C11H6ClFO2S/c12-9-3-4-16-10(9)8-5-6(13)1-2-7(8)11(14)15/h1-5H,(H,14,15). The number of thiophene rings is 1. The number of hydrogen-bond acceptors (Lipinski definition) is 2. The lowest BCUT2D eigenvalue weighted by molar-refractivity contribution is 0.0697. The van der Waals surface area contributed by atoms with Crippen molar-refractivity contribution >= 4 is 28.9 Å². The second kappa shape index (κ2) is 4.23. The maximum absolute atomic E-state index is 13.1. The van der Waals surface area contributed by atoms with Gasteiger partial charge in [-0.3, -0.25) is 0 Å². The second-order valence-electron chi connectivity index (χ2n) is 3.09. The van der Waals surface area contributed by atoms with E-state index in [1.54, 1.807) is 11.4 Å². The van der Waals surface area contributed by atoms with E-state index in [9.17, 15) is 9.18 Å². The molecule has 2 nitrogen and oxygen atoms in total. The van der Waals surface area contributed by atoms with Crippen LogP contribution in [-0.2, 0) is 0 Å². The molecule has 0 saturated carbocycles. The van der Waals surface area contributed by atoms with E-state index in [0.717, 1.165) is 6.07 Å². The molecule has 2 aromatic rings. The molecule has 0 bridgehead atoms. The summed E-state index contributed by atoms with van der Waals surface area (Å²) >= 11 is 7.18. The van der Waals surface area contributed by atoms with E-state index in [1.807, 2.05) is 0 Å². The van der Waals surface area contributed by atoms with Crippen molar-refractivity contribution in [3.63, 3.8) is 0 Å². The van der Waals surface area contributed by atoms with E-state index < -0.39 is 11.8 Å². The minimum Gasteiger partial charge on any atom is -0.478 e. The number of carboxylic acid groups (broad SMARTS) is 1. The van der Waals surface area contributed by atoms with E-state index in [0.29, 0.717) is 15.5 Å². The SMILES string of the molecule is O=C(O)c1ccc(F)cc1-c1sccc1Cl. The average molecular weight is 257 g/mol. The molecule has 1 aromatic heterocycles. The molecule has 5 heteroatoms. The summed E-state index contributed by atoms with van der Waals surface area (Å²) < 4.78 is 13.1. The number of carboxylic acids is 1. The third-order valence-electron chi connectivity index (χ3n) is 2.07. The van der Waals surface area contributed by atoms with Crippen LogP contribution in [0.2, 0.25) is 5.02 Å². The molecule has 16 heavy (non-hydrogen) atoms. The number of rotatable bonds is 2.